The minimum Gasteiger partial charge on any atom is -0.358 e. The van der Waals surface area contributed by atoms with E-state index in [2.05, 4.69) is 20.4 Å². The Labute approximate surface area is 172 Å². The molecular weight excluding hydrogens is 384 g/mol. The van der Waals surface area contributed by atoms with Gasteiger partial charge in [-0.05, 0) is 44.2 Å². The number of hydrogen-bond donors (Lipinski definition) is 1. The van der Waals surface area contributed by atoms with Gasteiger partial charge in [-0.3, -0.25) is 4.57 Å². The summed E-state index contributed by atoms with van der Waals surface area (Å²) in [6.07, 6.45) is 9.80. The predicted octanol–water partition coefficient (Wildman–Crippen LogP) is 2.49. The van der Waals surface area contributed by atoms with E-state index < -0.39 is 5.72 Å². The SMILES string of the molecule is COC1(n2c(=O)n(C)c3cnc(Nc4cn5ncnc5cc4C)nc32)CCCCC1. The molecule has 0 amide bonds. The molecule has 1 N–H and O–H groups in total. The zero-order valence-electron chi connectivity index (χ0n) is 17.3. The Morgan fingerprint density at radius 1 is 1.20 bits per heavy atom. The summed E-state index contributed by atoms with van der Waals surface area (Å²) < 4.78 is 10.9. The molecule has 1 saturated carbocycles. The van der Waals surface area contributed by atoms with Gasteiger partial charge in [0.25, 0.3) is 0 Å². The number of anilines is 2. The number of aromatic nitrogens is 7. The summed E-state index contributed by atoms with van der Waals surface area (Å²) in [4.78, 5) is 26.5. The van der Waals surface area contributed by atoms with Gasteiger partial charge in [-0.1, -0.05) is 6.42 Å². The molecule has 4 aromatic heterocycles. The van der Waals surface area contributed by atoms with Crippen molar-refractivity contribution in [2.75, 3.05) is 12.4 Å². The van der Waals surface area contributed by atoms with Gasteiger partial charge >= 0.3 is 5.69 Å². The molecule has 4 heterocycles. The van der Waals surface area contributed by atoms with Crippen LogP contribution in [0.5, 0.6) is 0 Å². The van der Waals surface area contributed by atoms with Crippen LogP contribution in [0.4, 0.5) is 11.6 Å². The molecule has 0 aromatic carbocycles. The highest BCUT2D eigenvalue weighted by Gasteiger charge is 2.38. The second-order valence-electron chi connectivity index (χ2n) is 7.85. The van der Waals surface area contributed by atoms with Crippen molar-refractivity contribution < 1.29 is 4.74 Å². The van der Waals surface area contributed by atoms with E-state index in [9.17, 15) is 4.79 Å². The lowest BCUT2D eigenvalue weighted by molar-refractivity contribution is -0.105. The van der Waals surface area contributed by atoms with Crippen LogP contribution in [-0.2, 0) is 17.5 Å². The van der Waals surface area contributed by atoms with Crippen molar-refractivity contribution >= 4 is 28.4 Å². The van der Waals surface area contributed by atoms with Gasteiger partial charge in [0.05, 0.1) is 18.1 Å². The average Bonchev–Trinajstić information content (AvgIpc) is 3.31. The number of fused-ring (bicyclic) bond motifs is 2. The zero-order chi connectivity index (χ0) is 20.9. The molecule has 10 heteroatoms. The molecule has 1 aliphatic rings. The fraction of sp³-hybridized carbons (Fsp3) is 0.450. The van der Waals surface area contributed by atoms with Gasteiger partial charge in [-0.25, -0.2) is 23.8 Å². The van der Waals surface area contributed by atoms with Crippen molar-refractivity contribution in [1.29, 1.82) is 0 Å². The quantitative estimate of drug-likeness (QED) is 0.553. The number of rotatable bonds is 4. The number of aryl methyl sites for hydroxylation is 2. The standard InChI is InChI=1S/C20H24N8O2/c1-13-9-16-22-12-23-27(16)11-14(13)24-18-21-10-15-17(25-18)28(19(29)26(15)2)20(30-3)7-5-4-6-8-20/h9-12H,4-8H2,1-3H3,(H,21,24,25). The predicted molar refractivity (Wildman–Crippen MR) is 112 cm³/mol. The number of ether oxygens (including phenoxy) is 1. The summed E-state index contributed by atoms with van der Waals surface area (Å²) in [5.41, 5.74) is 3.02. The van der Waals surface area contributed by atoms with E-state index in [0.717, 1.165) is 49.0 Å². The highest BCUT2D eigenvalue weighted by Crippen LogP contribution is 2.36. The summed E-state index contributed by atoms with van der Waals surface area (Å²) in [6.45, 7) is 1.98. The third kappa shape index (κ3) is 2.78. The summed E-state index contributed by atoms with van der Waals surface area (Å²) in [5, 5.41) is 7.44. The maximum atomic E-state index is 13.1. The second-order valence-corrected chi connectivity index (χ2v) is 7.85. The van der Waals surface area contributed by atoms with Crippen LogP contribution >= 0.6 is 0 Å². The maximum Gasteiger partial charge on any atom is 0.332 e. The van der Waals surface area contributed by atoms with Crippen molar-refractivity contribution in [1.82, 2.24) is 33.7 Å². The Morgan fingerprint density at radius 2 is 2.00 bits per heavy atom. The summed E-state index contributed by atoms with van der Waals surface area (Å²) in [6, 6.07) is 1.94. The first-order valence-electron chi connectivity index (χ1n) is 10.1. The molecule has 156 valence electrons. The first kappa shape index (κ1) is 18.7. The molecule has 0 atom stereocenters. The summed E-state index contributed by atoms with van der Waals surface area (Å²) >= 11 is 0. The topological polar surface area (TPSA) is 104 Å². The number of nitrogens with one attached hydrogen (secondary N) is 1. The van der Waals surface area contributed by atoms with E-state index in [4.69, 9.17) is 9.72 Å². The van der Waals surface area contributed by atoms with Crippen molar-refractivity contribution in [2.24, 2.45) is 7.05 Å². The first-order valence-corrected chi connectivity index (χ1v) is 10.1. The second kappa shape index (κ2) is 6.91. The van der Waals surface area contributed by atoms with E-state index in [1.807, 2.05) is 19.2 Å². The molecule has 1 fully saturated rings. The first-order chi connectivity index (χ1) is 14.5. The van der Waals surface area contributed by atoms with Gasteiger partial charge < -0.3 is 10.1 Å². The third-order valence-corrected chi connectivity index (χ3v) is 6.09. The van der Waals surface area contributed by atoms with Gasteiger partial charge in [-0.15, -0.1) is 0 Å². The number of hydrogen-bond acceptors (Lipinski definition) is 7. The monoisotopic (exact) mass is 408 g/mol. The zero-order valence-corrected chi connectivity index (χ0v) is 17.3. The molecule has 5 rings (SSSR count). The number of nitrogens with zero attached hydrogens (tertiary/aromatic N) is 7. The molecule has 0 saturated heterocycles. The van der Waals surface area contributed by atoms with Crippen LogP contribution in [0.15, 0.2) is 29.6 Å². The van der Waals surface area contributed by atoms with Crippen molar-refractivity contribution in [2.45, 2.75) is 44.8 Å². The Balaban J connectivity index is 1.63. The van der Waals surface area contributed by atoms with Gasteiger partial charge in [0, 0.05) is 14.2 Å². The highest BCUT2D eigenvalue weighted by atomic mass is 16.5. The average molecular weight is 408 g/mol. The van der Waals surface area contributed by atoms with Crippen molar-refractivity contribution in [3.8, 4) is 0 Å². The minimum atomic E-state index is -0.671. The van der Waals surface area contributed by atoms with Crippen molar-refractivity contribution in [3.05, 3.63) is 40.8 Å². The van der Waals surface area contributed by atoms with Crippen LogP contribution < -0.4 is 11.0 Å². The van der Waals surface area contributed by atoms with E-state index in [0.29, 0.717) is 17.1 Å². The molecule has 0 bridgehead atoms. The minimum absolute atomic E-state index is 0.139. The van der Waals surface area contributed by atoms with Gasteiger partial charge in [-0.2, -0.15) is 10.1 Å². The summed E-state index contributed by atoms with van der Waals surface area (Å²) in [7, 11) is 3.42. The molecule has 0 aliphatic heterocycles. The molecule has 0 radical (unpaired) electrons. The Bertz CT molecular complexity index is 1300. The van der Waals surface area contributed by atoms with E-state index >= 15 is 0 Å². The lowest BCUT2D eigenvalue weighted by Gasteiger charge is -2.36. The van der Waals surface area contributed by atoms with Crippen LogP contribution in [0.25, 0.3) is 16.8 Å². The van der Waals surface area contributed by atoms with E-state index in [-0.39, 0.29) is 5.69 Å². The Morgan fingerprint density at radius 3 is 2.77 bits per heavy atom. The molecule has 4 aromatic rings. The maximum absolute atomic E-state index is 13.1. The van der Waals surface area contributed by atoms with E-state index in [1.165, 1.54) is 6.33 Å². The van der Waals surface area contributed by atoms with Gasteiger partial charge in [0.1, 0.15) is 11.8 Å². The van der Waals surface area contributed by atoms with Crippen LogP contribution in [0, 0.1) is 6.92 Å². The fourth-order valence-electron chi connectivity index (χ4n) is 4.37. The molecule has 1 aliphatic carbocycles. The third-order valence-electron chi connectivity index (χ3n) is 6.09. The number of methoxy groups -OCH3 is 1. The smallest absolute Gasteiger partial charge is 0.332 e. The van der Waals surface area contributed by atoms with Gasteiger partial charge in [0.15, 0.2) is 17.0 Å². The van der Waals surface area contributed by atoms with Crippen LogP contribution in [-0.4, -0.2) is 40.8 Å². The fourth-order valence-corrected chi connectivity index (χ4v) is 4.37. The van der Waals surface area contributed by atoms with Gasteiger partial charge in [0.2, 0.25) is 5.95 Å². The van der Waals surface area contributed by atoms with Crippen LogP contribution in [0.3, 0.4) is 0 Å². The Hall–Kier alpha value is -3.27. The normalized spacial score (nSPS) is 16.4. The summed E-state index contributed by atoms with van der Waals surface area (Å²) in [5.74, 6) is 0.409. The molecule has 10 nitrogen and oxygen atoms in total. The lowest BCUT2D eigenvalue weighted by atomic mass is 9.91. The van der Waals surface area contributed by atoms with Crippen LogP contribution in [0.2, 0.25) is 0 Å². The molecule has 0 unspecified atom stereocenters. The molecule has 30 heavy (non-hydrogen) atoms. The highest BCUT2D eigenvalue weighted by molar-refractivity contribution is 5.73. The molecule has 0 spiro atoms. The largest absolute Gasteiger partial charge is 0.358 e. The lowest BCUT2D eigenvalue weighted by Crippen LogP contribution is -2.44. The number of imidazole rings is 1. The van der Waals surface area contributed by atoms with Crippen LogP contribution in [0.1, 0.15) is 37.7 Å². The van der Waals surface area contributed by atoms with E-state index in [1.54, 1.807) is 34.0 Å². The Kier molecular flexibility index (Phi) is 4.31. The number of pyridine rings is 1. The molecular formula is C20H24N8O2. The van der Waals surface area contributed by atoms with Crippen molar-refractivity contribution in [3.63, 3.8) is 0 Å².